The van der Waals surface area contributed by atoms with E-state index in [2.05, 4.69) is 5.32 Å². The van der Waals surface area contributed by atoms with E-state index in [9.17, 15) is 9.18 Å². The highest BCUT2D eigenvalue weighted by Gasteiger charge is 2.12. The lowest BCUT2D eigenvalue weighted by Gasteiger charge is -2.03. The number of hydrogen-bond acceptors (Lipinski definition) is 2. The molecule has 1 heterocycles. The Hall–Kier alpha value is -1.81. The van der Waals surface area contributed by atoms with Gasteiger partial charge in [0.15, 0.2) is 0 Å². The molecule has 2 aromatic rings. The summed E-state index contributed by atoms with van der Waals surface area (Å²) in [6, 6.07) is 7.38. The lowest BCUT2D eigenvalue weighted by atomic mass is 10.2. The minimum Gasteiger partial charge on any atom is -0.452 e. The third kappa shape index (κ3) is 2.85. The highest BCUT2D eigenvalue weighted by molar-refractivity contribution is 6.32. The van der Waals surface area contributed by atoms with Gasteiger partial charge in [-0.2, -0.15) is 0 Å². The Balaban J connectivity index is 1.97. The molecule has 1 N–H and O–H groups in total. The van der Waals surface area contributed by atoms with Gasteiger partial charge in [-0.05, 0) is 35.4 Å². The summed E-state index contributed by atoms with van der Waals surface area (Å²) in [6.07, 6.45) is 1.34. The molecule has 0 bridgehead atoms. The van der Waals surface area contributed by atoms with E-state index in [0.717, 1.165) is 5.56 Å². The molecule has 0 unspecified atom stereocenters. The summed E-state index contributed by atoms with van der Waals surface area (Å²) >= 11 is 5.66. The second-order valence-electron chi connectivity index (χ2n) is 3.42. The lowest BCUT2D eigenvalue weighted by Crippen LogP contribution is -2.22. The second-order valence-corrected chi connectivity index (χ2v) is 3.76. The molecule has 0 aliphatic heterocycles. The molecule has 0 aliphatic carbocycles. The fourth-order valence-corrected chi connectivity index (χ4v) is 1.54. The third-order valence-electron chi connectivity index (χ3n) is 2.23. The molecular formula is C12H9ClFNO2. The maximum absolute atomic E-state index is 12.6. The van der Waals surface area contributed by atoms with Gasteiger partial charge in [0, 0.05) is 6.54 Å². The average molecular weight is 254 g/mol. The minimum absolute atomic E-state index is 0.0570. The number of halogens is 2. The monoisotopic (exact) mass is 253 g/mol. The molecule has 17 heavy (non-hydrogen) atoms. The van der Waals surface area contributed by atoms with Crippen LogP contribution in [0.25, 0.3) is 0 Å². The van der Waals surface area contributed by atoms with Crippen molar-refractivity contribution in [1.29, 1.82) is 0 Å². The zero-order valence-electron chi connectivity index (χ0n) is 8.74. The summed E-state index contributed by atoms with van der Waals surface area (Å²) in [4.78, 5) is 11.6. The molecule has 2 rings (SSSR count). The SMILES string of the molecule is O=C(NCc1ccc(F)cc1)c1ccoc1Cl. The van der Waals surface area contributed by atoms with Gasteiger partial charge in [-0.25, -0.2) is 4.39 Å². The highest BCUT2D eigenvalue weighted by atomic mass is 35.5. The van der Waals surface area contributed by atoms with Crippen LogP contribution in [0.2, 0.25) is 5.22 Å². The molecule has 0 spiro atoms. The molecular weight excluding hydrogens is 245 g/mol. The van der Waals surface area contributed by atoms with Crippen LogP contribution in [-0.2, 0) is 6.54 Å². The van der Waals surface area contributed by atoms with Crippen LogP contribution in [0.4, 0.5) is 4.39 Å². The third-order valence-corrected chi connectivity index (χ3v) is 2.52. The van der Waals surface area contributed by atoms with E-state index >= 15 is 0 Å². The van der Waals surface area contributed by atoms with Gasteiger partial charge in [0.1, 0.15) is 5.82 Å². The normalized spacial score (nSPS) is 10.2. The molecule has 1 amide bonds. The number of carbonyl (C=O) groups is 1. The molecule has 0 saturated carbocycles. The molecule has 5 heteroatoms. The molecule has 88 valence electrons. The van der Waals surface area contributed by atoms with Crippen LogP contribution in [0, 0.1) is 5.82 Å². The van der Waals surface area contributed by atoms with Gasteiger partial charge in [-0.1, -0.05) is 12.1 Å². The predicted molar refractivity (Wildman–Crippen MR) is 61.3 cm³/mol. The van der Waals surface area contributed by atoms with Gasteiger partial charge in [0.2, 0.25) is 5.22 Å². The smallest absolute Gasteiger partial charge is 0.256 e. The fourth-order valence-electron chi connectivity index (χ4n) is 1.34. The Kier molecular flexibility index (Phi) is 3.44. The van der Waals surface area contributed by atoms with Gasteiger partial charge in [-0.15, -0.1) is 0 Å². The number of furan rings is 1. The summed E-state index contributed by atoms with van der Waals surface area (Å²) in [5.74, 6) is -0.633. The number of carbonyl (C=O) groups excluding carboxylic acids is 1. The van der Waals surface area contributed by atoms with Crippen LogP contribution < -0.4 is 5.32 Å². The zero-order valence-corrected chi connectivity index (χ0v) is 9.50. The van der Waals surface area contributed by atoms with Crippen molar-refractivity contribution in [3.8, 4) is 0 Å². The van der Waals surface area contributed by atoms with Gasteiger partial charge < -0.3 is 9.73 Å². The number of amides is 1. The highest BCUT2D eigenvalue weighted by Crippen LogP contribution is 2.16. The van der Waals surface area contributed by atoms with Gasteiger partial charge in [0.25, 0.3) is 5.91 Å². The molecule has 1 aromatic carbocycles. The van der Waals surface area contributed by atoms with Crippen molar-refractivity contribution in [3.63, 3.8) is 0 Å². The number of rotatable bonds is 3. The zero-order chi connectivity index (χ0) is 12.3. The maximum Gasteiger partial charge on any atom is 0.256 e. The van der Waals surface area contributed by atoms with Gasteiger partial charge in [0.05, 0.1) is 11.8 Å². The van der Waals surface area contributed by atoms with Crippen LogP contribution in [-0.4, -0.2) is 5.91 Å². The standard InChI is InChI=1S/C12H9ClFNO2/c13-11-10(5-6-17-11)12(16)15-7-8-1-3-9(14)4-2-8/h1-6H,7H2,(H,15,16). The molecule has 0 atom stereocenters. The van der Waals surface area contributed by atoms with Crippen molar-refractivity contribution in [2.24, 2.45) is 0 Å². The van der Waals surface area contributed by atoms with E-state index in [1.54, 1.807) is 12.1 Å². The average Bonchev–Trinajstić information content (AvgIpc) is 2.74. The molecule has 0 aliphatic rings. The Labute approximate surface area is 102 Å². The fraction of sp³-hybridized carbons (Fsp3) is 0.0833. The first-order valence-electron chi connectivity index (χ1n) is 4.92. The quantitative estimate of drug-likeness (QED) is 0.914. The van der Waals surface area contributed by atoms with E-state index < -0.39 is 0 Å². The van der Waals surface area contributed by atoms with Gasteiger partial charge in [-0.3, -0.25) is 4.79 Å². The molecule has 3 nitrogen and oxygen atoms in total. The van der Waals surface area contributed by atoms with Crippen LogP contribution in [0.15, 0.2) is 41.0 Å². The summed E-state index contributed by atoms with van der Waals surface area (Å²) in [5, 5.41) is 2.71. The van der Waals surface area contributed by atoms with Crippen LogP contribution in [0.1, 0.15) is 15.9 Å². The summed E-state index contributed by atoms with van der Waals surface area (Å²) in [7, 11) is 0. The lowest BCUT2D eigenvalue weighted by molar-refractivity contribution is 0.0950. The van der Waals surface area contributed by atoms with Crippen molar-refractivity contribution in [1.82, 2.24) is 5.32 Å². The Bertz CT molecular complexity index is 522. The van der Waals surface area contributed by atoms with Crippen molar-refractivity contribution in [3.05, 3.63) is 58.8 Å². The number of hydrogen-bond donors (Lipinski definition) is 1. The molecule has 0 fully saturated rings. The Morgan fingerprint density at radius 2 is 2.00 bits per heavy atom. The van der Waals surface area contributed by atoms with Crippen molar-refractivity contribution in [2.75, 3.05) is 0 Å². The first kappa shape index (κ1) is 11.7. The van der Waals surface area contributed by atoms with Crippen LogP contribution in [0.3, 0.4) is 0 Å². The van der Waals surface area contributed by atoms with E-state index in [-0.39, 0.29) is 22.5 Å². The van der Waals surface area contributed by atoms with Crippen LogP contribution >= 0.6 is 11.6 Å². The maximum atomic E-state index is 12.6. The topological polar surface area (TPSA) is 42.2 Å². The molecule has 0 saturated heterocycles. The van der Waals surface area contributed by atoms with Gasteiger partial charge >= 0.3 is 0 Å². The summed E-state index contributed by atoms with van der Waals surface area (Å²) in [6.45, 7) is 0.306. The van der Waals surface area contributed by atoms with Crippen molar-refractivity contribution >= 4 is 17.5 Å². The second kappa shape index (κ2) is 5.01. The molecule has 0 radical (unpaired) electrons. The van der Waals surface area contributed by atoms with E-state index in [0.29, 0.717) is 6.54 Å². The first-order valence-corrected chi connectivity index (χ1v) is 5.30. The molecule has 1 aromatic heterocycles. The summed E-state index contributed by atoms with van der Waals surface area (Å²) < 4.78 is 17.5. The number of nitrogens with one attached hydrogen (secondary N) is 1. The van der Waals surface area contributed by atoms with Crippen molar-refractivity contribution in [2.45, 2.75) is 6.54 Å². The van der Waals surface area contributed by atoms with Crippen molar-refractivity contribution < 1.29 is 13.6 Å². The summed E-state index contributed by atoms with van der Waals surface area (Å²) in [5.41, 5.74) is 1.09. The van der Waals surface area contributed by atoms with E-state index in [1.807, 2.05) is 0 Å². The Morgan fingerprint density at radius 3 is 2.59 bits per heavy atom. The largest absolute Gasteiger partial charge is 0.452 e. The first-order chi connectivity index (χ1) is 8.16. The minimum atomic E-state index is -0.326. The van der Waals surface area contributed by atoms with E-state index in [1.165, 1.54) is 24.5 Å². The van der Waals surface area contributed by atoms with E-state index in [4.69, 9.17) is 16.0 Å². The Morgan fingerprint density at radius 1 is 1.29 bits per heavy atom. The number of benzene rings is 1. The predicted octanol–water partition coefficient (Wildman–Crippen LogP) is 3.00. The van der Waals surface area contributed by atoms with Crippen LogP contribution in [0.5, 0.6) is 0 Å².